The van der Waals surface area contributed by atoms with Crippen LogP contribution in [0.3, 0.4) is 0 Å². The van der Waals surface area contributed by atoms with Crippen LogP contribution in [0.15, 0.2) is 49.6 Å². The fourth-order valence-electron chi connectivity index (χ4n) is 1.99. The maximum absolute atomic E-state index is 5.43. The van der Waals surface area contributed by atoms with Gasteiger partial charge in [-0.15, -0.1) is 0 Å². The second-order valence-corrected chi connectivity index (χ2v) is 4.34. The highest BCUT2D eigenvalue weighted by atomic mass is 16.6. The van der Waals surface area contributed by atoms with Gasteiger partial charge in [-0.25, -0.2) is 0 Å². The smallest absolute Gasteiger partial charge is 0.134 e. The van der Waals surface area contributed by atoms with Crippen molar-refractivity contribution in [3.8, 4) is 0 Å². The lowest BCUT2D eigenvalue weighted by atomic mass is 9.94. The highest BCUT2D eigenvalue weighted by Crippen LogP contribution is 2.43. The number of epoxide rings is 2. The van der Waals surface area contributed by atoms with E-state index in [0.29, 0.717) is 0 Å². The van der Waals surface area contributed by atoms with Gasteiger partial charge in [0.15, 0.2) is 0 Å². The Labute approximate surface area is 95.2 Å². The predicted octanol–water partition coefficient (Wildman–Crippen LogP) is 2.51. The maximum atomic E-state index is 5.43. The molecular weight excluding hydrogens is 200 g/mol. The third-order valence-corrected chi connectivity index (χ3v) is 3.43. The number of hydrogen-bond donors (Lipinski definition) is 0. The van der Waals surface area contributed by atoms with E-state index in [1.807, 2.05) is 12.2 Å². The molecule has 2 atom stereocenters. The lowest BCUT2D eigenvalue weighted by molar-refractivity contribution is 0.353. The topological polar surface area (TPSA) is 25.1 Å². The van der Waals surface area contributed by atoms with Crippen molar-refractivity contribution in [3.63, 3.8) is 0 Å². The summed E-state index contributed by atoms with van der Waals surface area (Å²) >= 11 is 0. The molecule has 2 aliphatic heterocycles. The third kappa shape index (κ3) is 1.27. The summed E-state index contributed by atoms with van der Waals surface area (Å²) in [5.41, 5.74) is 1.85. The van der Waals surface area contributed by atoms with Crippen molar-refractivity contribution in [1.82, 2.24) is 0 Å². The highest BCUT2D eigenvalue weighted by molar-refractivity contribution is 5.39. The fourth-order valence-corrected chi connectivity index (χ4v) is 1.99. The number of ether oxygens (including phenoxy) is 2. The molecular formula is C14H14O2. The van der Waals surface area contributed by atoms with Gasteiger partial charge in [0.1, 0.15) is 11.2 Å². The van der Waals surface area contributed by atoms with Crippen molar-refractivity contribution in [2.75, 3.05) is 13.2 Å². The monoisotopic (exact) mass is 214 g/mol. The van der Waals surface area contributed by atoms with Gasteiger partial charge in [-0.1, -0.05) is 49.6 Å². The van der Waals surface area contributed by atoms with Crippen LogP contribution < -0.4 is 0 Å². The Balaban J connectivity index is 1.91. The molecule has 2 saturated heterocycles. The van der Waals surface area contributed by atoms with Gasteiger partial charge < -0.3 is 9.47 Å². The van der Waals surface area contributed by atoms with E-state index in [1.165, 1.54) is 0 Å². The van der Waals surface area contributed by atoms with Crippen molar-refractivity contribution in [2.24, 2.45) is 0 Å². The van der Waals surface area contributed by atoms with Crippen LogP contribution in [0.25, 0.3) is 0 Å². The summed E-state index contributed by atoms with van der Waals surface area (Å²) in [4.78, 5) is 0. The summed E-state index contributed by atoms with van der Waals surface area (Å²) in [6.07, 6.45) is 3.72. The van der Waals surface area contributed by atoms with Gasteiger partial charge in [-0.3, -0.25) is 0 Å². The summed E-state index contributed by atoms with van der Waals surface area (Å²) < 4.78 is 10.9. The normalized spacial score (nSPS) is 35.5. The highest BCUT2D eigenvalue weighted by Gasteiger charge is 2.45. The van der Waals surface area contributed by atoms with Crippen molar-refractivity contribution < 1.29 is 9.47 Å². The zero-order valence-electron chi connectivity index (χ0n) is 9.11. The fraction of sp³-hybridized carbons (Fsp3) is 0.286. The Hall–Kier alpha value is -1.38. The van der Waals surface area contributed by atoms with Crippen molar-refractivity contribution >= 4 is 0 Å². The van der Waals surface area contributed by atoms with Gasteiger partial charge in [0.2, 0.25) is 0 Å². The van der Waals surface area contributed by atoms with Gasteiger partial charge in [0.05, 0.1) is 13.2 Å². The predicted molar refractivity (Wildman–Crippen MR) is 62.1 cm³/mol. The molecule has 2 heteroatoms. The second-order valence-electron chi connectivity index (χ2n) is 4.34. The SMILES string of the molecule is C=CC1(c2ccc(C3(C=C)CO3)cc2)CO1. The van der Waals surface area contributed by atoms with Gasteiger partial charge >= 0.3 is 0 Å². The molecule has 2 nitrogen and oxygen atoms in total. The zero-order chi connectivity index (χ0) is 11.2. The van der Waals surface area contributed by atoms with Crippen molar-refractivity contribution in [3.05, 3.63) is 60.7 Å². The largest absolute Gasteiger partial charge is 0.360 e. The first-order valence-corrected chi connectivity index (χ1v) is 5.41. The van der Waals surface area contributed by atoms with E-state index in [1.54, 1.807) is 0 Å². The molecule has 1 aromatic carbocycles. The first-order valence-electron chi connectivity index (χ1n) is 5.41. The number of hydrogen-bond acceptors (Lipinski definition) is 2. The van der Waals surface area contributed by atoms with Crippen LogP contribution in [0, 0.1) is 0 Å². The molecule has 0 spiro atoms. The second kappa shape index (κ2) is 3.06. The molecule has 16 heavy (non-hydrogen) atoms. The van der Waals surface area contributed by atoms with E-state index in [-0.39, 0.29) is 11.2 Å². The molecule has 0 amide bonds. The van der Waals surface area contributed by atoms with E-state index >= 15 is 0 Å². The third-order valence-electron chi connectivity index (χ3n) is 3.43. The van der Waals surface area contributed by atoms with E-state index < -0.39 is 0 Å². The van der Waals surface area contributed by atoms with Gasteiger partial charge in [-0.2, -0.15) is 0 Å². The van der Waals surface area contributed by atoms with Crippen molar-refractivity contribution in [2.45, 2.75) is 11.2 Å². The van der Waals surface area contributed by atoms with Gasteiger partial charge in [-0.05, 0) is 11.1 Å². The number of rotatable bonds is 4. The Morgan fingerprint density at radius 3 is 1.38 bits per heavy atom. The molecule has 0 saturated carbocycles. The van der Waals surface area contributed by atoms with E-state index in [4.69, 9.17) is 9.47 Å². The minimum atomic E-state index is -0.232. The van der Waals surface area contributed by atoms with Crippen LogP contribution in [-0.4, -0.2) is 13.2 Å². The molecule has 0 radical (unpaired) electrons. The summed E-state index contributed by atoms with van der Waals surface area (Å²) in [5, 5.41) is 0. The average molecular weight is 214 g/mol. The molecule has 1 aromatic rings. The zero-order valence-corrected chi connectivity index (χ0v) is 9.11. The number of benzene rings is 1. The molecule has 82 valence electrons. The van der Waals surface area contributed by atoms with E-state index in [0.717, 1.165) is 24.3 Å². The lowest BCUT2D eigenvalue weighted by Crippen LogP contribution is -2.07. The Bertz CT molecular complexity index is 393. The summed E-state index contributed by atoms with van der Waals surface area (Å²) in [7, 11) is 0. The molecule has 2 heterocycles. The summed E-state index contributed by atoms with van der Waals surface area (Å²) in [6.45, 7) is 9.08. The molecule has 0 N–H and O–H groups in total. The molecule has 0 bridgehead atoms. The van der Waals surface area contributed by atoms with Crippen LogP contribution in [0.5, 0.6) is 0 Å². The van der Waals surface area contributed by atoms with Gasteiger partial charge in [0, 0.05) is 0 Å². The van der Waals surface area contributed by atoms with Crippen molar-refractivity contribution in [1.29, 1.82) is 0 Å². The first kappa shape index (κ1) is 9.82. The lowest BCUT2D eigenvalue weighted by Gasteiger charge is -2.10. The van der Waals surface area contributed by atoms with Crippen LogP contribution in [0.4, 0.5) is 0 Å². The molecule has 2 unspecified atom stereocenters. The first-order chi connectivity index (χ1) is 7.75. The van der Waals surface area contributed by atoms with E-state index in [2.05, 4.69) is 37.4 Å². The van der Waals surface area contributed by atoms with Crippen LogP contribution in [0.2, 0.25) is 0 Å². The summed E-state index contributed by atoms with van der Waals surface area (Å²) in [6, 6.07) is 8.32. The summed E-state index contributed by atoms with van der Waals surface area (Å²) in [5.74, 6) is 0. The molecule has 3 rings (SSSR count). The minimum absolute atomic E-state index is 0.232. The molecule has 2 aliphatic rings. The quantitative estimate of drug-likeness (QED) is 0.568. The molecule has 0 aliphatic carbocycles. The Morgan fingerprint density at radius 1 is 0.875 bits per heavy atom. The average Bonchev–Trinajstić information content (AvgIpc) is 3.24. The standard InChI is InChI=1S/C14H14O2/c1-3-13(9-15-13)11-5-7-12(8-6-11)14(4-2)10-16-14/h3-8H,1-2,9-10H2. The minimum Gasteiger partial charge on any atom is -0.360 e. The molecule has 0 aromatic heterocycles. The Kier molecular flexibility index (Phi) is 1.88. The molecule has 2 fully saturated rings. The maximum Gasteiger partial charge on any atom is 0.134 e. The van der Waals surface area contributed by atoms with Crippen LogP contribution >= 0.6 is 0 Å². The van der Waals surface area contributed by atoms with Crippen LogP contribution in [0.1, 0.15) is 11.1 Å². The van der Waals surface area contributed by atoms with Crippen LogP contribution in [-0.2, 0) is 20.7 Å². The van der Waals surface area contributed by atoms with E-state index in [9.17, 15) is 0 Å². The van der Waals surface area contributed by atoms with Gasteiger partial charge in [0.25, 0.3) is 0 Å². The Morgan fingerprint density at radius 2 is 1.19 bits per heavy atom.